The Bertz CT molecular complexity index is 1470. The van der Waals surface area contributed by atoms with Gasteiger partial charge in [-0.2, -0.15) is 4.99 Å². The molecule has 1 heterocycles. The van der Waals surface area contributed by atoms with Gasteiger partial charge in [0.1, 0.15) is 0 Å². The molecule has 1 aromatic heterocycles. The molecular weight excluding hydrogens is 444 g/mol. The maximum Gasteiger partial charge on any atom is 0.280 e. The molecule has 0 aliphatic rings. The lowest BCUT2D eigenvalue weighted by atomic mass is 10.2. The monoisotopic (exact) mass is 462 g/mol. The van der Waals surface area contributed by atoms with Crippen LogP contribution in [-0.4, -0.2) is 39.3 Å². The quantitative estimate of drug-likeness (QED) is 0.541. The fourth-order valence-electron chi connectivity index (χ4n) is 2.83. The van der Waals surface area contributed by atoms with Crippen LogP contribution in [0.15, 0.2) is 57.2 Å². The van der Waals surface area contributed by atoms with Gasteiger partial charge in [0, 0.05) is 6.26 Å². The molecule has 7 nitrogen and oxygen atoms in total. The lowest BCUT2D eigenvalue weighted by Gasteiger charge is -2.06. The fourth-order valence-corrected chi connectivity index (χ4v) is 5.71. The van der Waals surface area contributed by atoms with E-state index >= 15 is 0 Å². The van der Waals surface area contributed by atoms with E-state index in [0.29, 0.717) is 10.2 Å². The minimum atomic E-state index is -3.62. The summed E-state index contributed by atoms with van der Waals surface area (Å²) in [4.78, 5) is 17.3. The molecule has 0 aliphatic heterocycles. The molecule has 0 spiro atoms. The Morgan fingerprint density at radius 1 is 1.17 bits per heavy atom. The number of thiazole rings is 1. The Labute approximate surface area is 178 Å². The third-order valence-corrected chi connectivity index (χ3v) is 8.30. The Hall–Kier alpha value is -2.74. The van der Waals surface area contributed by atoms with Crippen molar-refractivity contribution in [3.8, 4) is 12.3 Å². The molecule has 0 saturated carbocycles. The molecule has 0 unspecified atom stereocenters. The fraction of sp³-hybridized carbons (Fsp3) is 0.200. The van der Waals surface area contributed by atoms with Crippen molar-refractivity contribution in [2.45, 2.75) is 23.3 Å². The highest BCUT2D eigenvalue weighted by atomic mass is 32.2. The molecule has 2 aromatic carbocycles. The van der Waals surface area contributed by atoms with E-state index in [2.05, 4.69) is 10.9 Å². The van der Waals surface area contributed by atoms with Crippen LogP contribution in [0.4, 0.5) is 0 Å². The molecule has 1 amide bonds. The second-order valence-corrected chi connectivity index (χ2v) is 11.7. The smallest absolute Gasteiger partial charge is 0.280 e. The second kappa shape index (κ2) is 8.18. The van der Waals surface area contributed by atoms with Gasteiger partial charge in [0.2, 0.25) is 0 Å². The number of sulfone groups is 2. The number of nitrogens with zero attached hydrogens (tertiary/aromatic N) is 2. The summed E-state index contributed by atoms with van der Waals surface area (Å²) in [5.74, 6) is 1.62. The number of terminal acetylenes is 1. The van der Waals surface area contributed by atoms with E-state index in [1.165, 1.54) is 31.2 Å². The lowest BCUT2D eigenvalue weighted by molar-refractivity contribution is 0.0994. The maximum absolute atomic E-state index is 12.9. The normalized spacial score (nSPS) is 12.8. The molecule has 0 saturated heterocycles. The number of carbonyl (C=O) groups is 1. The average molecular weight is 463 g/mol. The zero-order valence-electron chi connectivity index (χ0n) is 16.2. The molecule has 0 fully saturated rings. The first-order valence-electron chi connectivity index (χ1n) is 8.76. The molecule has 3 aromatic rings. The molecule has 0 radical (unpaired) electrons. The van der Waals surface area contributed by atoms with Crippen molar-refractivity contribution in [1.82, 2.24) is 4.57 Å². The highest BCUT2D eigenvalue weighted by molar-refractivity contribution is 7.91. The average Bonchev–Trinajstić information content (AvgIpc) is 3.04. The first-order chi connectivity index (χ1) is 14.1. The molecule has 0 N–H and O–H groups in total. The second-order valence-electron chi connectivity index (χ2n) is 6.39. The standard InChI is InChI=1S/C20H18N2O5S3/c1-4-12-22-16-11-10-14(29(3,24)25)13-17(16)28-20(22)21-19(23)15-8-6-7-9-18(15)30(26,27)5-2/h1,6-11,13H,5,12H2,2-3H3. The summed E-state index contributed by atoms with van der Waals surface area (Å²) in [7, 11) is -7.02. The molecule has 10 heteroatoms. The van der Waals surface area contributed by atoms with Gasteiger partial charge in [-0.15, -0.1) is 6.42 Å². The van der Waals surface area contributed by atoms with E-state index < -0.39 is 25.6 Å². The highest BCUT2D eigenvalue weighted by Crippen LogP contribution is 2.22. The minimum absolute atomic E-state index is 0.0270. The van der Waals surface area contributed by atoms with Crippen molar-refractivity contribution in [3.63, 3.8) is 0 Å². The predicted molar refractivity (Wildman–Crippen MR) is 116 cm³/mol. The topological polar surface area (TPSA) is 103 Å². The van der Waals surface area contributed by atoms with Crippen molar-refractivity contribution in [2.75, 3.05) is 12.0 Å². The van der Waals surface area contributed by atoms with Gasteiger partial charge >= 0.3 is 0 Å². The molecule has 30 heavy (non-hydrogen) atoms. The van der Waals surface area contributed by atoms with Crippen molar-refractivity contribution >= 4 is 47.1 Å². The molecule has 0 atom stereocenters. The molecule has 0 aliphatic carbocycles. The number of hydrogen-bond donors (Lipinski definition) is 0. The number of carbonyl (C=O) groups excluding carboxylic acids is 1. The molecule has 3 rings (SSSR count). The third kappa shape index (κ3) is 4.23. The van der Waals surface area contributed by atoms with E-state index in [1.807, 2.05) is 0 Å². The summed E-state index contributed by atoms with van der Waals surface area (Å²) >= 11 is 1.10. The third-order valence-electron chi connectivity index (χ3n) is 4.36. The van der Waals surface area contributed by atoms with Crippen molar-refractivity contribution < 1.29 is 21.6 Å². The van der Waals surface area contributed by atoms with Gasteiger partial charge in [-0.05, 0) is 30.3 Å². The van der Waals surface area contributed by atoms with Crippen LogP contribution in [0.25, 0.3) is 10.2 Å². The van der Waals surface area contributed by atoms with E-state index in [9.17, 15) is 21.6 Å². The van der Waals surface area contributed by atoms with Crippen LogP contribution in [0.5, 0.6) is 0 Å². The summed E-state index contributed by atoms with van der Waals surface area (Å²) in [6.07, 6.45) is 6.56. The number of benzene rings is 2. The lowest BCUT2D eigenvalue weighted by Crippen LogP contribution is -2.18. The minimum Gasteiger partial charge on any atom is -0.305 e. The van der Waals surface area contributed by atoms with Crippen LogP contribution in [0.2, 0.25) is 0 Å². The summed E-state index contributed by atoms with van der Waals surface area (Å²) in [5, 5.41) is 0. The Morgan fingerprint density at radius 3 is 2.50 bits per heavy atom. The first-order valence-corrected chi connectivity index (χ1v) is 13.1. The molecular formula is C20H18N2O5S3. The number of rotatable bonds is 5. The molecule has 0 bridgehead atoms. The van der Waals surface area contributed by atoms with Crippen LogP contribution in [0.3, 0.4) is 0 Å². The summed E-state index contributed by atoms with van der Waals surface area (Å²) in [5.41, 5.74) is 0.604. The number of amides is 1. The predicted octanol–water partition coefficient (Wildman–Crippen LogP) is 2.27. The maximum atomic E-state index is 12.9. The summed E-state index contributed by atoms with van der Waals surface area (Å²) < 4.78 is 50.6. The van der Waals surface area contributed by atoms with Crippen molar-refractivity contribution in [3.05, 3.63) is 52.8 Å². The van der Waals surface area contributed by atoms with E-state index in [4.69, 9.17) is 6.42 Å². The summed E-state index contributed by atoms with van der Waals surface area (Å²) in [6, 6.07) is 10.5. The zero-order valence-corrected chi connectivity index (χ0v) is 18.6. The summed E-state index contributed by atoms with van der Waals surface area (Å²) in [6.45, 7) is 1.61. The Morgan fingerprint density at radius 2 is 1.87 bits per heavy atom. The van der Waals surface area contributed by atoms with Gasteiger partial charge in [0.05, 0.1) is 37.9 Å². The number of aromatic nitrogens is 1. The van der Waals surface area contributed by atoms with Crippen LogP contribution in [0.1, 0.15) is 17.3 Å². The number of fused-ring (bicyclic) bond motifs is 1. The van der Waals surface area contributed by atoms with E-state index in [1.54, 1.807) is 22.8 Å². The van der Waals surface area contributed by atoms with E-state index in [0.717, 1.165) is 17.6 Å². The van der Waals surface area contributed by atoms with Gasteiger partial charge in [-0.3, -0.25) is 4.79 Å². The highest BCUT2D eigenvalue weighted by Gasteiger charge is 2.21. The zero-order chi connectivity index (χ0) is 22.1. The molecule has 156 valence electrons. The largest absolute Gasteiger partial charge is 0.305 e. The van der Waals surface area contributed by atoms with Crippen LogP contribution in [-0.2, 0) is 26.2 Å². The van der Waals surface area contributed by atoms with Crippen LogP contribution in [0, 0.1) is 12.3 Å². The Balaban J connectivity index is 2.23. The van der Waals surface area contributed by atoms with Gasteiger partial charge in [0.25, 0.3) is 5.91 Å². The van der Waals surface area contributed by atoms with Crippen LogP contribution < -0.4 is 4.80 Å². The first kappa shape index (κ1) is 22.0. The van der Waals surface area contributed by atoms with Gasteiger partial charge in [-0.25, -0.2) is 16.8 Å². The van der Waals surface area contributed by atoms with Crippen molar-refractivity contribution in [1.29, 1.82) is 0 Å². The number of hydrogen-bond acceptors (Lipinski definition) is 6. The van der Waals surface area contributed by atoms with E-state index in [-0.39, 0.29) is 32.5 Å². The van der Waals surface area contributed by atoms with Gasteiger partial charge in [0.15, 0.2) is 24.5 Å². The van der Waals surface area contributed by atoms with Crippen molar-refractivity contribution in [2.24, 2.45) is 4.99 Å². The Kier molecular flexibility index (Phi) is 5.99. The van der Waals surface area contributed by atoms with Gasteiger partial charge in [-0.1, -0.05) is 36.3 Å². The SMILES string of the molecule is C#CCn1c(=NC(=O)c2ccccc2S(=O)(=O)CC)sc2cc(S(C)(=O)=O)ccc21. The van der Waals surface area contributed by atoms with Crippen LogP contribution >= 0.6 is 11.3 Å². The van der Waals surface area contributed by atoms with Gasteiger partial charge < -0.3 is 4.57 Å².